The summed E-state index contributed by atoms with van der Waals surface area (Å²) in [6.45, 7) is 0.529. The van der Waals surface area contributed by atoms with Crippen LogP contribution in [0.4, 0.5) is 13.2 Å². The Morgan fingerprint density at radius 2 is 2.24 bits per heavy atom. The summed E-state index contributed by atoms with van der Waals surface area (Å²) in [6.07, 6.45) is -4.07. The van der Waals surface area contributed by atoms with E-state index in [1.165, 1.54) is 14.9 Å². The highest BCUT2D eigenvalue weighted by molar-refractivity contribution is 9.08. The molecule has 0 saturated carbocycles. The van der Waals surface area contributed by atoms with Crippen molar-refractivity contribution in [2.75, 3.05) is 13.1 Å². The molecule has 3 rings (SSSR count). The van der Waals surface area contributed by atoms with Crippen molar-refractivity contribution in [2.24, 2.45) is 5.92 Å². The van der Waals surface area contributed by atoms with Gasteiger partial charge in [0.15, 0.2) is 0 Å². The Morgan fingerprint density at radius 3 is 2.90 bits per heavy atom. The molecule has 0 aromatic carbocycles. The minimum atomic E-state index is -4.16. The van der Waals surface area contributed by atoms with Gasteiger partial charge in [-0.25, -0.2) is 8.58 Å². The second-order valence-corrected chi connectivity index (χ2v) is 6.64. The number of hydrogen-bond acceptors (Lipinski definition) is 4. The fourth-order valence-electron chi connectivity index (χ4n) is 2.48. The predicted octanol–water partition coefficient (Wildman–Crippen LogP) is 3.00. The van der Waals surface area contributed by atoms with Gasteiger partial charge < -0.3 is 0 Å². The van der Waals surface area contributed by atoms with Gasteiger partial charge in [0, 0.05) is 6.54 Å². The lowest BCUT2D eigenvalue weighted by Gasteiger charge is -2.17. The zero-order chi connectivity index (χ0) is 15.2. The zero-order valence-electron chi connectivity index (χ0n) is 10.7. The molecule has 1 aliphatic rings. The van der Waals surface area contributed by atoms with Gasteiger partial charge in [0.05, 0.1) is 34.1 Å². The molecule has 1 saturated heterocycles. The van der Waals surface area contributed by atoms with Gasteiger partial charge in [-0.2, -0.15) is 13.2 Å². The number of aromatic nitrogens is 2. The monoisotopic (exact) mass is 381 g/mol. The van der Waals surface area contributed by atoms with Crippen LogP contribution in [0.15, 0.2) is 16.2 Å². The first-order chi connectivity index (χ1) is 9.86. The van der Waals surface area contributed by atoms with Gasteiger partial charge in [-0.05, 0) is 24.4 Å². The Hall–Kier alpha value is -0.930. The van der Waals surface area contributed by atoms with E-state index in [2.05, 4.69) is 21.1 Å². The summed E-state index contributed by atoms with van der Waals surface area (Å²) in [4.78, 5) is 18.1. The van der Waals surface area contributed by atoms with Crippen molar-refractivity contribution in [3.8, 4) is 0 Å². The second-order valence-electron chi connectivity index (χ2n) is 5.01. The number of nitrogens with zero attached hydrogens (tertiary/aromatic N) is 3. The van der Waals surface area contributed by atoms with E-state index in [1.807, 2.05) is 0 Å². The van der Waals surface area contributed by atoms with E-state index in [4.69, 9.17) is 0 Å². The van der Waals surface area contributed by atoms with Crippen LogP contribution in [0.25, 0.3) is 10.2 Å². The zero-order valence-corrected chi connectivity index (χ0v) is 13.1. The number of likely N-dealkylation sites (tertiary alicyclic amines) is 1. The Labute approximate surface area is 130 Å². The van der Waals surface area contributed by atoms with Gasteiger partial charge in [-0.3, -0.25) is 9.69 Å². The fourth-order valence-corrected chi connectivity index (χ4v) is 3.73. The third-order valence-corrected chi connectivity index (χ3v) is 5.22. The average Bonchev–Trinajstić information content (AvgIpc) is 3.03. The predicted molar refractivity (Wildman–Crippen MR) is 77.6 cm³/mol. The van der Waals surface area contributed by atoms with Crippen LogP contribution in [-0.2, 0) is 6.54 Å². The molecule has 0 spiro atoms. The van der Waals surface area contributed by atoms with Gasteiger partial charge in [0.1, 0.15) is 10.5 Å². The van der Waals surface area contributed by atoms with E-state index in [0.717, 1.165) is 0 Å². The first-order valence-corrected chi connectivity index (χ1v) is 7.89. The summed E-state index contributed by atoms with van der Waals surface area (Å²) in [5, 5.41) is 1.77. The largest absolute Gasteiger partial charge is 0.393 e. The van der Waals surface area contributed by atoms with Crippen molar-refractivity contribution >= 4 is 37.7 Å². The molecule has 4 nitrogen and oxygen atoms in total. The molecular weight excluding hydrogens is 371 g/mol. The number of rotatable bonds is 2. The van der Waals surface area contributed by atoms with Crippen molar-refractivity contribution in [3.63, 3.8) is 0 Å². The molecule has 1 aliphatic heterocycles. The van der Waals surface area contributed by atoms with Gasteiger partial charge in [-0.1, -0.05) is 0 Å². The highest BCUT2D eigenvalue weighted by Crippen LogP contribution is 2.33. The van der Waals surface area contributed by atoms with Crippen LogP contribution in [0.3, 0.4) is 0 Å². The van der Waals surface area contributed by atoms with Crippen LogP contribution < -0.4 is 5.56 Å². The van der Waals surface area contributed by atoms with Crippen LogP contribution in [0, 0.1) is 5.92 Å². The molecule has 1 atom stereocenters. The minimum Gasteiger partial charge on any atom is -0.295 e. The van der Waals surface area contributed by atoms with Gasteiger partial charge in [-0.15, -0.1) is 11.3 Å². The Bertz CT molecular complexity index is 727. The first-order valence-electron chi connectivity index (χ1n) is 6.30. The molecule has 0 N–H and O–H groups in total. The topological polar surface area (TPSA) is 38.1 Å². The number of halogens is 4. The number of fused-ring (bicyclic) bond motifs is 1. The molecule has 21 heavy (non-hydrogen) atoms. The second kappa shape index (κ2) is 5.36. The lowest BCUT2D eigenvalue weighted by molar-refractivity contribution is -0.170. The maximum atomic E-state index is 12.7. The minimum absolute atomic E-state index is 0.0476. The van der Waals surface area contributed by atoms with Gasteiger partial charge >= 0.3 is 6.18 Å². The Balaban J connectivity index is 1.83. The molecule has 2 aromatic rings. The molecule has 0 radical (unpaired) electrons. The molecule has 114 valence electrons. The van der Waals surface area contributed by atoms with Gasteiger partial charge in [0.25, 0.3) is 5.56 Å². The molecule has 1 unspecified atom stereocenters. The maximum Gasteiger partial charge on any atom is 0.393 e. The smallest absolute Gasteiger partial charge is 0.295 e. The number of hydrogen-bond donors (Lipinski definition) is 0. The van der Waals surface area contributed by atoms with Crippen molar-refractivity contribution in [3.05, 3.63) is 27.6 Å². The van der Waals surface area contributed by atoms with Crippen molar-refractivity contribution < 1.29 is 13.2 Å². The SMILES string of the molecule is O=c1c2sccc2nc(CN2CCC(C(F)(F)F)C2)n1Br. The summed E-state index contributed by atoms with van der Waals surface area (Å²) in [7, 11) is 0. The van der Waals surface area contributed by atoms with E-state index in [0.29, 0.717) is 22.6 Å². The molecule has 0 bridgehead atoms. The number of alkyl halides is 3. The summed E-state index contributed by atoms with van der Waals surface area (Å²) >= 11 is 4.44. The summed E-state index contributed by atoms with van der Waals surface area (Å²) in [6, 6.07) is 1.74. The molecular formula is C12H11BrF3N3OS. The van der Waals surface area contributed by atoms with E-state index >= 15 is 0 Å². The molecule has 3 heterocycles. The average molecular weight is 382 g/mol. The van der Waals surface area contributed by atoms with Crippen molar-refractivity contribution in [1.82, 2.24) is 13.5 Å². The van der Waals surface area contributed by atoms with E-state index < -0.39 is 12.1 Å². The normalized spacial score (nSPS) is 20.5. The number of thiophene rings is 1. The van der Waals surface area contributed by atoms with E-state index in [-0.39, 0.29) is 25.1 Å². The van der Waals surface area contributed by atoms with Crippen molar-refractivity contribution in [2.45, 2.75) is 19.1 Å². The standard InChI is InChI=1S/C12H11BrF3N3OS/c13-19-9(17-8-2-4-21-10(8)11(19)20)6-18-3-1-7(5-18)12(14,15)16/h2,4,7H,1,3,5-6H2. The van der Waals surface area contributed by atoms with E-state index in [1.54, 1.807) is 16.3 Å². The lowest BCUT2D eigenvalue weighted by atomic mass is 10.1. The van der Waals surface area contributed by atoms with Gasteiger partial charge in [0.2, 0.25) is 0 Å². The van der Waals surface area contributed by atoms with Crippen LogP contribution in [0.5, 0.6) is 0 Å². The Kier molecular flexibility index (Phi) is 3.83. The lowest BCUT2D eigenvalue weighted by Crippen LogP contribution is -2.29. The fraction of sp³-hybridized carbons (Fsp3) is 0.500. The van der Waals surface area contributed by atoms with Crippen LogP contribution >= 0.6 is 27.5 Å². The Morgan fingerprint density at radius 1 is 1.48 bits per heavy atom. The molecule has 0 amide bonds. The quantitative estimate of drug-likeness (QED) is 0.802. The summed E-state index contributed by atoms with van der Waals surface area (Å²) in [5.41, 5.74) is 0.360. The summed E-state index contributed by atoms with van der Waals surface area (Å²) < 4.78 is 39.8. The molecule has 9 heteroatoms. The van der Waals surface area contributed by atoms with Crippen LogP contribution in [-0.4, -0.2) is 32.7 Å². The molecule has 0 aliphatic carbocycles. The van der Waals surface area contributed by atoms with Crippen molar-refractivity contribution in [1.29, 1.82) is 0 Å². The third kappa shape index (κ3) is 2.86. The summed E-state index contributed by atoms with van der Waals surface area (Å²) in [5.74, 6) is -0.869. The van der Waals surface area contributed by atoms with Crippen LogP contribution in [0.1, 0.15) is 12.2 Å². The van der Waals surface area contributed by atoms with E-state index in [9.17, 15) is 18.0 Å². The highest BCUT2D eigenvalue weighted by atomic mass is 79.9. The highest BCUT2D eigenvalue weighted by Gasteiger charge is 2.43. The maximum absolute atomic E-state index is 12.7. The van der Waals surface area contributed by atoms with Crippen LogP contribution in [0.2, 0.25) is 0 Å². The molecule has 1 fully saturated rings. The third-order valence-electron chi connectivity index (χ3n) is 3.59. The molecule has 2 aromatic heterocycles. The first kappa shape index (κ1) is 15.0.